The molecule has 1 heterocycles. The molecule has 2 aromatic carbocycles. The molecule has 0 saturated heterocycles. The highest BCUT2D eigenvalue weighted by atomic mass is 35.5. The second kappa shape index (κ2) is 7.71. The van der Waals surface area contributed by atoms with Crippen molar-refractivity contribution in [3.05, 3.63) is 70.9 Å². The number of hydrogen-bond donors (Lipinski definition) is 3. The molecule has 0 bridgehead atoms. The molecule has 7 nitrogen and oxygen atoms in total. The number of aromatic carboxylic acids is 1. The van der Waals surface area contributed by atoms with E-state index in [0.29, 0.717) is 23.1 Å². The number of anilines is 3. The van der Waals surface area contributed by atoms with Crippen LogP contribution in [0.5, 0.6) is 5.75 Å². The quantitative estimate of drug-likeness (QED) is 0.606. The minimum Gasteiger partial charge on any atom is -0.487 e. The average Bonchev–Trinajstić information content (AvgIpc) is 2.62. The van der Waals surface area contributed by atoms with E-state index in [1.807, 2.05) is 30.3 Å². The maximum Gasteiger partial charge on any atom is 0.341 e. The zero-order valence-corrected chi connectivity index (χ0v) is 14.3. The van der Waals surface area contributed by atoms with E-state index in [2.05, 4.69) is 15.3 Å². The van der Waals surface area contributed by atoms with Crippen molar-refractivity contribution in [2.24, 2.45) is 0 Å². The first-order valence-corrected chi connectivity index (χ1v) is 8.00. The van der Waals surface area contributed by atoms with Gasteiger partial charge in [0.1, 0.15) is 17.9 Å². The number of nitrogens with one attached hydrogen (secondary N) is 1. The smallest absolute Gasteiger partial charge is 0.341 e. The molecule has 0 aliphatic carbocycles. The number of carboxylic acids is 1. The van der Waals surface area contributed by atoms with Gasteiger partial charge in [-0.1, -0.05) is 41.9 Å². The maximum atomic E-state index is 11.3. The van der Waals surface area contributed by atoms with Crippen LogP contribution >= 0.6 is 11.6 Å². The maximum absolute atomic E-state index is 11.3. The van der Waals surface area contributed by atoms with Crippen molar-refractivity contribution >= 4 is 35.0 Å². The minimum atomic E-state index is -1.17. The highest BCUT2D eigenvalue weighted by molar-refractivity contribution is 6.32. The Morgan fingerprint density at radius 3 is 2.69 bits per heavy atom. The average molecular weight is 371 g/mol. The van der Waals surface area contributed by atoms with Crippen LogP contribution < -0.4 is 15.8 Å². The van der Waals surface area contributed by atoms with Crippen LogP contribution in [-0.4, -0.2) is 21.0 Å². The number of hydrogen-bond acceptors (Lipinski definition) is 6. The molecule has 0 aliphatic rings. The normalized spacial score (nSPS) is 10.3. The zero-order chi connectivity index (χ0) is 18.5. The Kier molecular flexibility index (Phi) is 5.19. The second-order valence-corrected chi connectivity index (χ2v) is 5.75. The molecule has 0 unspecified atom stereocenters. The van der Waals surface area contributed by atoms with E-state index in [1.54, 1.807) is 18.2 Å². The summed E-state index contributed by atoms with van der Waals surface area (Å²) in [5.41, 5.74) is 7.00. The topological polar surface area (TPSA) is 110 Å². The van der Waals surface area contributed by atoms with Crippen LogP contribution in [0.2, 0.25) is 5.02 Å². The van der Waals surface area contributed by atoms with Gasteiger partial charge in [-0.15, -0.1) is 0 Å². The van der Waals surface area contributed by atoms with E-state index in [-0.39, 0.29) is 17.3 Å². The van der Waals surface area contributed by atoms with Crippen molar-refractivity contribution in [2.45, 2.75) is 6.61 Å². The highest BCUT2D eigenvalue weighted by Gasteiger charge is 2.14. The van der Waals surface area contributed by atoms with E-state index in [4.69, 9.17) is 22.1 Å². The molecule has 3 rings (SSSR count). The lowest BCUT2D eigenvalue weighted by Crippen LogP contribution is -2.08. The Morgan fingerprint density at radius 2 is 2.00 bits per heavy atom. The van der Waals surface area contributed by atoms with Gasteiger partial charge < -0.3 is 20.9 Å². The van der Waals surface area contributed by atoms with Gasteiger partial charge in [0.05, 0.1) is 5.02 Å². The van der Waals surface area contributed by atoms with Gasteiger partial charge in [-0.2, -0.15) is 4.98 Å². The van der Waals surface area contributed by atoms with E-state index in [0.717, 1.165) is 11.8 Å². The van der Waals surface area contributed by atoms with Crippen LogP contribution in [0.3, 0.4) is 0 Å². The highest BCUT2D eigenvalue weighted by Crippen LogP contribution is 2.30. The van der Waals surface area contributed by atoms with Crippen LogP contribution in [0.25, 0.3) is 0 Å². The van der Waals surface area contributed by atoms with Crippen molar-refractivity contribution < 1.29 is 14.6 Å². The number of nitrogens with two attached hydrogens (primary N) is 1. The summed E-state index contributed by atoms with van der Waals surface area (Å²) in [6, 6.07) is 14.7. The molecular weight excluding hydrogens is 356 g/mol. The summed E-state index contributed by atoms with van der Waals surface area (Å²) in [4.78, 5) is 18.9. The summed E-state index contributed by atoms with van der Waals surface area (Å²) in [5.74, 6) is -0.603. The summed E-state index contributed by atoms with van der Waals surface area (Å²) in [6.45, 7) is 0.388. The van der Waals surface area contributed by atoms with Gasteiger partial charge in [0, 0.05) is 11.9 Å². The second-order valence-electron chi connectivity index (χ2n) is 5.34. The number of carbonyl (C=O) groups is 1. The number of nitrogen functional groups attached to an aromatic ring is 1. The van der Waals surface area contributed by atoms with Crippen molar-refractivity contribution in [1.29, 1.82) is 0 Å². The molecule has 26 heavy (non-hydrogen) atoms. The Hall–Kier alpha value is -3.32. The summed E-state index contributed by atoms with van der Waals surface area (Å²) in [7, 11) is 0. The van der Waals surface area contributed by atoms with Gasteiger partial charge in [0.25, 0.3) is 0 Å². The van der Waals surface area contributed by atoms with Crippen molar-refractivity contribution in [1.82, 2.24) is 9.97 Å². The largest absolute Gasteiger partial charge is 0.487 e. The predicted octanol–water partition coefficient (Wildman–Crippen LogP) is 3.73. The molecule has 0 spiro atoms. The lowest BCUT2D eigenvalue weighted by atomic mass is 10.2. The Balaban J connectivity index is 1.76. The number of aromatic nitrogens is 2. The molecule has 0 aliphatic heterocycles. The van der Waals surface area contributed by atoms with Crippen LogP contribution in [0.1, 0.15) is 15.9 Å². The van der Waals surface area contributed by atoms with Crippen LogP contribution in [0, 0.1) is 0 Å². The zero-order valence-electron chi connectivity index (χ0n) is 13.5. The van der Waals surface area contributed by atoms with Crippen LogP contribution in [-0.2, 0) is 6.61 Å². The first-order chi connectivity index (χ1) is 12.5. The van der Waals surface area contributed by atoms with Crippen LogP contribution in [0.15, 0.2) is 54.7 Å². The predicted molar refractivity (Wildman–Crippen MR) is 98.9 cm³/mol. The van der Waals surface area contributed by atoms with Gasteiger partial charge in [-0.3, -0.25) is 0 Å². The fourth-order valence-electron chi connectivity index (χ4n) is 2.21. The summed E-state index contributed by atoms with van der Waals surface area (Å²) < 4.78 is 5.71. The lowest BCUT2D eigenvalue weighted by molar-refractivity contribution is 0.0697. The third-order valence-corrected chi connectivity index (χ3v) is 3.76. The monoisotopic (exact) mass is 370 g/mol. The molecule has 0 fully saturated rings. The SMILES string of the molecule is Nc1ncc(C(=O)O)c(Nc2ccc(OCc3ccccc3)c(Cl)c2)n1. The number of ether oxygens (including phenoxy) is 1. The van der Waals surface area contributed by atoms with Crippen LogP contribution in [0.4, 0.5) is 17.5 Å². The van der Waals surface area contributed by atoms with Gasteiger partial charge in [-0.25, -0.2) is 9.78 Å². The van der Waals surface area contributed by atoms with Gasteiger partial charge in [-0.05, 0) is 23.8 Å². The number of halogens is 1. The van der Waals surface area contributed by atoms with E-state index >= 15 is 0 Å². The number of nitrogens with zero attached hydrogens (tertiary/aromatic N) is 2. The fraction of sp³-hybridized carbons (Fsp3) is 0.0556. The first-order valence-electron chi connectivity index (χ1n) is 7.62. The molecule has 0 amide bonds. The van der Waals surface area contributed by atoms with Crippen molar-refractivity contribution in [3.8, 4) is 5.75 Å². The van der Waals surface area contributed by atoms with E-state index in [9.17, 15) is 9.90 Å². The molecule has 1 aromatic heterocycles. The minimum absolute atomic E-state index is 0.0357. The molecule has 3 aromatic rings. The fourth-order valence-corrected chi connectivity index (χ4v) is 2.45. The number of carboxylic acid groups (broad SMARTS) is 1. The van der Waals surface area contributed by atoms with E-state index in [1.165, 1.54) is 0 Å². The molecule has 0 atom stereocenters. The molecular formula is C18H15ClN4O3. The van der Waals surface area contributed by atoms with Gasteiger partial charge in [0.2, 0.25) is 5.95 Å². The Bertz CT molecular complexity index is 935. The summed E-state index contributed by atoms with van der Waals surface area (Å²) >= 11 is 6.26. The molecule has 0 radical (unpaired) electrons. The van der Waals surface area contributed by atoms with E-state index < -0.39 is 5.97 Å². The number of benzene rings is 2. The Labute approximate surface area is 154 Å². The molecule has 4 N–H and O–H groups in total. The molecule has 132 valence electrons. The first kappa shape index (κ1) is 17.5. The third-order valence-electron chi connectivity index (χ3n) is 3.47. The lowest BCUT2D eigenvalue weighted by Gasteiger charge is -2.12. The number of rotatable bonds is 6. The van der Waals surface area contributed by atoms with Crippen molar-refractivity contribution in [2.75, 3.05) is 11.1 Å². The van der Waals surface area contributed by atoms with Crippen molar-refractivity contribution in [3.63, 3.8) is 0 Å². The third kappa shape index (κ3) is 4.20. The summed E-state index contributed by atoms with van der Waals surface area (Å²) in [5, 5.41) is 12.5. The molecule has 8 heteroatoms. The summed E-state index contributed by atoms with van der Waals surface area (Å²) in [6.07, 6.45) is 1.14. The Morgan fingerprint density at radius 1 is 1.23 bits per heavy atom. The van der Waals surface area contributed by atoms with Gasteiger partial charge in [0.15, 0.2) is 5.82 Å². The molecule has 0 saturated carbocycles. The van der Waals surface area contributed by atoms with Gasteiger partial charge >= 0.3 is 5.97 Å². The standard InChI is InChI=1S/C18H15ClN4O3/c19-14-8-12(22-16-13(17(24)25)9-21-18(20)23-16)6-7-15(14)26-10-11-4-2-1-3-5-11/h1-9H,10H2,(H,24,25)(H3,20,21,22,23).